The van der Waals surface area contributed by atoms with Crippen molar-refractivity contribution in [2.75, 3.05) is 6.61 Å². The van der Waals surface area contributed by atoms with E-state index in [0.29, 0.717) is 6.42 Å². The third kappa shape index (κ3) is 29.7. The van der Waals surface area contributed by atoms with Crippen LogP contribution in [0.3, 0.4) is 0 Å². The molecule has 3 heteroatoms. The van der Waals surface area contributed by atoms with Gasteiger partial charge < -0.3 is 15.3 Å². The molecule has 0 spiro atoms. The highest BCUT2D eigenvalue weighted by Crippen LogP contribution is 2.11. The lowest BCUT2D eigenvalue weighted by Gasteiger charge is -2.01. The van der Waals surface area contributed by atoms with Crippen molar-refractivity contribution in [1.29, 1.82) is 0 Å². The largest absolute Gasteiger partial charge is 0.384 e. The Kier molecular flexibility index (Phi) is 27.9. The molecule has 0 aromatic heterocycles. The molecule has 37 heavy (non-hydrogen) atoms. The van der Waals surface area contributed by atoms with Crippen molar-refractivity contribution >= 4 is 0 Å². The fourth-order valence-electron chi connectivity index (χ4n) is 3.76. The Hall–Kier alpha value is -2.40. The van der Waals surface area contributed by atoms with E-state index in [1.165, 1.54) is 70.6 Å². The highest BCUT2D eigenvalue weighted by molar-refractivity contribution is 5.27. The average molecular weight is 507 g/mol. The summed E-state index contributed by atoms with van der Waals surface area (Å²) >= 11 is 0. The zero-order chi connectivity index (χ0) is 27.1. The van der Waals surface area contributed by atoms with E-state index in [2.05, 4.69) is 53.6 Å². The molecule has 0 rings (SSSR count). The number of allylic oxidation sites excluding steroid dienone is 3. The molecule has 3 nitrogen and oxygen atoms in total. The first-order valence-corrected chi connectivity index (χ1v) is 14.4. The molecule has 0 saturated carbocycles. The number of hydrogen-bond donors (Lipinski definition) is 3. The van der Waals surface area contributed by atoms with Gasteiger partial charge in [0.1, 0.15) is 18.8 Å². The van der Waals surface area contributed by atoms with Crippen LogP contribution in [0.15, 0.2) is 24.3 Å². The summed E-state index contributed by atoms with van der Waals surface area (Å²) in [6, 6.07) is 0. The van der Waals surface area contributed by atoms with Gasteiger partial charge in [0.25, 0.3) is 0 Å². The lowest BCUT2D eigenvalue weighted by Crippen LogP contribution is -2.01. The van der Waals surface area contributed by atoms with Crippen LogP contribution in [0.4, 0.5) is 0 Å². The van der Waals surface area contributed by atoms with Crippen LogP contribution in [0.25, 0.3) is 0 Å². The number of terminal acetylenes is 1. The van der Waals surface area contributed by atoms with Gasteiger partial charge >= 0.3 is 0 Å². The molecule has 0 saturated heterocycles. The van der Waals surface area contributed by atoms with Gasteiger partial charge in [0.05, 0.1) is 0 Å². The van der Waals surface area contributed by atoms with Gasteiger partial charge in [0, 0.05) is 12.8 Å². The minimum Gasteiger partial charge on any atom is -0.384 e. The predicted octanol–water partition coefficient (Wildman–Crippen LogP) is 6.87. The average Bonchev–Trinajstić information content (AvgIpc) is 2.90. The topological polar surface area (TPSA) is 60.7 Å². The molecule has 0 unspecified atom stereocenters. The van der Waals surface area contributed by atoms with Gasteiger partial charge in [0.2, 0.25) is 0 Å². The van der Waals surface area contributed by atoms with Crippen LogP contribution < -0.4 is 0 Å². The van der Waals surface area contributed by atoms with Crippen LogP contribution in [0.5, 0.6) is 0 Å². The summed E-state index contributed by atoms with van der Waals surface area (Å²) in [6.07, 6.45) is 34.0. The molecule has 0 aliphatic carbocycles. The lowest BCUT2D eigenvalue weighted by molar-refractivity contribution is 0.217. The summed E-state index contributed by atoms with van der Waals surface area (Å²) in [5.74, 6) is 19.0. The smallest absolute Gasteiger partial charge is 0.133 e. The van der Waals surface area contributed by atoms with Gasteiger partial charge in [-0.05, 0) is 82.1 Å². The minimum atomic E-state index is -0.728. The predicted molar refractivity (Wildman–Crippen MR) is 157 cm³/mol. The minimum absolute atomic E-state index is 0.200. The highest BCUT2D eigenvalue weighted by atomic mass is 16.3. The Morgan fingerprint density at radius 2 is 1.11 bits per heavy atom. The second-order valence-electron chi connectivity index (χ2n) is 9.36. The molecule has 0 radical (unpaired) electrons. The maximum absolute atomic E-state index is 9.70. The molecule has 0 aliphatic rings. The summed E-state index contributed by atoms with van der Waals surface area (Å²) in [5, 5.41) is 27.4. The van der Waals surface area contributed by atoms with Gasteiger partial charge in [0.15, 0.2) is 0 Å². The molecule has 0 aliphatic heterocycles. The SMILES string of the molecule is C#C[C@@H](O)/C=C/CCCCCCCCCC/C=C/CCCCC#CCCCCC[C@H](O)C#CC#CCO. The van der Waals surface area contributed by atoms with E-state index in [0.717, 1.165) is 44.9 Å². The summed E-state index contributed by atoms with van der Waals surface area (Å²) in [7, 11) is 0. The molecule has 2 atom stereocenters. The van der Waals surface area contributed by atoms with Crippen molar-refractivity contribution < 1.29 is 15.3 Å². The van der Waals surface area contributed by atoms with Gasteiger partial charge in [-0.3, -0.25) is 0 Å². The van der Waals surface area contributed by atoms with Gasteiger partial charge in [-0.25, -0.2) is 0 Å². The van der Waals surface area contributed by atoms with Crippen molar-refractivity contribution in [2.45, 2.75) is 134 Å². The maximum Gasteiger partial charge on any atom is 0.133 e. The molecular weight excluding hydrogens is 456 g/mol. The Morgan fingerprint density at radius 1 is 0.595 bits per heavy atom. The number of aliphatic hydroxyl groups is 3. The molecule has 0 fully saturated rings. The standard InChI is InChI=1S/C34H50O3/c1-2-33(36)29-25-22-20-18-16-14-12-10-8-6-4-3-5-7-9-11-13-15-17-19-21-23-26-30-34(37)31-27-24-28-32-35/h1,3,5,25,29,33-37H,4,6-14,16,18-23,26,30,32H2/b5-3+,29-25+/t33-,34+/m1/s1. The van der Waals surface area contributed by atoms with E-state index < -0.39 is 12.2 Å². The highest BCUT2D eigenvalue weighted by Gasteiger charge is 1.98. The van der Waals surface area contributed by atoms with Crippen LogP contribution in [-0.4, -0.2) is 34.1 Å². The van der Waals surface area contributed by atoms with Crippen LogP contribution in [-0.2, 0) is 0 Å². The molecule has 0 aromatic rings. The number of rotatable bonds is 21. The van der Waals surface area contributed by atoms with Crippen LogP contribution in [0, 0.1) is 47.9 Å². The number of aliphatic hydroxyl groups excluding tert-OH is 3. The molecule has 3 N–H and O–H groups in total. The van der Waals surface area contributed by atoms with E-state index in [4.69, 9.17) is 11.5 Å². The van der Waals surface area contributed by atoms with Crippen molar-refractivity contribution in [3.8, 4) is 47.9 Å². The Morgan fingerprint density at radius 3 is 1.70 bits per heavy atom. The molecule has 0 heterocycles. The summed E-state index contributed by atoms with van der Waals surface area (Å²) in [6.45, 7) is -0.200. The second kappa shape index (κ2) is 29.8. The van der Waals surface area contributed by atoms with Gasteiger partial charge in [-0.2, -0.15) is 0 Å². The van der Waals surface area contributed by atoms with E-state index in [1.54, 1.807) is 6.08 Å². The fourth-order valence-corrected chi connectivity index (χ4v) is 3.76. The zero-order valence-electron chi connectivity index (χ0n) is 23.0. The van der Waals surface area contributed by atoms with Crippen LogP contribution >= 0.6 is 0 Å². The van der Waals surface area contributed by atoms with Crippen molar-refractivity contribution in [1.82, 2.24) is 0 Å². The first-order valence-electron chi connectivity index (χ1n) is 14.4. The fraction of sp³-hybridized carbons (Fsp3) is 0.647. The second-order valence-corrected chi connectivity index (χ2v) is 9.36. The lowest BCUT2D eigenvalue weighted by atomic mass is 10.1. The Bertz CT molecular complexity index is 798. The summed E-state index contributed by atoms with van der Waals surface area (Å²) in [4.78, 5) is 0. The number of hydrogen-bond acceptors (Lipinski definition) is 3. The third-order valence-corrected chi connectivity index (χ3v) is 5.94. The van der Waals surface area contributed by atoms with Crippen molar-refractivity contribution in [2.24, 2.45) is 0 Å². The number of unbranched alkanes of at least 4 members (excludes halogenated alkanes) is 15. The Labute approximate surface area is 228 Å². The molecular formula is C34H50O3. The van der Waals surface area contributed by atoms with Crippen molar-refractivity contribution in [3.63, 3.8) is 0 Å². The quantitative estimate of drug-likeness (QED) is 0.0904. The van der Waals surface area contributed by atoms with E-state index in [1.807, 2.05) is 6.08 Å². The first-order chi connectivity index (χ1) is 18.2. The van der Waals surface area contributed by atoms with E-state index in [9.17, 15) is 10.2 Å². The first kappa shape index (κ1) is 34.6. The van der Waals surface area contributed by atoms with Crippen molar-refractivity contribution in [3.05, 3.63) is 24.3 Å². The molecule has 0 aromatic carbocycles. The van der Waals surface area contributed by atoms with Gasteiger partial charge in [-0.15, -0.1) is 18.3 Å². The van der Waals surface area contributed by atoms with Crippen LogP contribution in [0.1, 0.15) is 122 Å². The zero-order valence-corrected chi connectivity index (χ0v) is 23.0. The van der Waals surface area contributed by atoms with E-state index in [-0.39, 0.29) is 6.61 Å². The van der Waals surface area contributed by atoms with E-state index >= 15 is 0 Å². The summed E-state index contributed by atoms with van der Waals surface area (Å²) in [5.41, 5.74) is 0. The maximum atomic E-state index is 9.70. The monoisotopic (exact) mass is 506 g/mol. The van der Waals surface area contributed by atoms with Crippen LogP contribution in [0.2, 0.25) is 0 Å². The molecule has 204 valence electrons. The molecule has 0 bridgehead atoms. The normalized spacial score (nSPS) is 12.2. The molecule has 0 amide bonds. The van der Waals surface area contributed by atoms with Gasteiger partial charge in [-0.1, -0.05) is 80.9 Å². The summed E-state index contributed by atoms with van der Waals surface area (Å²) < 4.78 is 0. The Balaban J connectivity index is 3.35. The third-order valence-electron chi connectivity index (χ3n) is 5.94.